The Labute approximate surface area is 316 Å². The predicted molar refractivity (Wildman–Crippen MR) is 215 cm³/mol. The summed E-state index contributed by atoms with van der Waals surface area (Å²) in [5.41, 5.74) is 0. The van der Waals surface area contributed by atoms with E-state index in [0.717, 1.165) is 32.1 Å². The Hall–Kier alpha value is -0.760. The van der Waals surface area contributed by atoms with Gasteiger partial charge in [0.25, 0.3) is 0 Å². The average molecular weight is 747 g/mol. The number of likely N-dealkylation sites (N-methyl/N-ethyl adjacent to an activating group) is 1. The molecule has 0 aromatic carbocycles. The predicted octanol–water partition coefficient (Wildman–Crippen LogP) is 12.3. The van der Waals surface area contributed by atoms with Crippen molar-refractivity contribution in [1.82, 2.24) is 0 Å². The van der Waals surface area contributed by atoms with Crippen LogP contribution in [0.2, 0.25) is 0 Å². The van der Waals surface area contributed by atoms with E-state index in [-0.39, 0.29) is 25.8 Å². The number of ether oxygens (including phenoxy) is 2. The van der Waals surface area contributed by atoms with E-state index >= 15 is 0 Å². The number of carbonyl (C=O) groups excluding carboxylic acids is 1. The van der Waals surface area contributed by atoms with Crippen LogP contribution in [0.4, 0.5) is 0 Å². The highest BCUT2D eigenvalue weighted by Crippen LogP contribution is 2.43. The molecule has 1 N–H and O–H groups in total. The molecule has 0 fully saturated rings. The van der Waals surface area contributed by atoms with Gasteiger partial charge in [-0.15, -0.1) is 0 Å². The summed E-state index contributed by atoms with van der Waals surface area (Å²) in [4.78, 5) is 22.8. The average Bonchev–Trinajstić information content (AvgIpc) is 3.08. The second-order valence-electron chi connectivity index (χ2n) is 15.7. The quantitative estimate of drug-likeness (QED) is 0.0219. The van der Waals surface area contributed by atoms with Gasteiger partial charge in [0.15, 0.2) is 0 Å². The number of esters is 1. The molecule has 0 amide bonds. The number of hydrogen-bond acceptors (Lipinski definition) is 6. The number of phosphoric ester groups is 1. The highest BCUT2D eigenvalue weighted by Gasteiger charge is 2.26. The smallest absolute Gasteiger partial charge is 0.457 e. The molecule has 51 heavy (non-hydrogen) atoms. The molecule has 0 aromatic rings. The van der Waals surface area contributed by atoms with E-state index in [1.807, 2.05) is 21.1 Å². The van der Waals surface area contributed by atoms with E-state index in [1.54, 1.807) is 0 Å². The maximum atomic E-state index is 12.6. The van der Waals surface area contributed by atoms with Gasteiger partial charge in [0.1, 0.15) is 19.3 Å². The van der Waals surface area contributed by atoms with Gasteiger partial charge in [-0.2, -0.15) is 0 Å². The molecule has 0 aliphatic heterocycles. The molecule has 0 bridgehead atoms. The van der Waals surface area contributed by atoms with Crippen LogP contribution >= 0.6 is 7.82 Å². The summed E-state index contributed by atoms with van der Waals surface area (Å²) in [5.74, 6) is -0.315. The minimum absolute atomic E-state index is 0.0910. The molecule has 2 unspecified atom stereocenters. The van der Waals surface area contributed by atoms with Crippen molar-refractivity contribution in [1.29, 1.82) is 0 Å². The molecule has 0 spiro atoms. The molecule has 0 saturated carbocycles. The highest BCUT2D eigenvalue weighted by atomic mass is 31.2. The first-order chi connectivity index (χ1) is 24.6. The number of hydrogen-bond donors (Lipinski definition) is 1. The van der Waals surface area contributed by atoms with Crippen LogP contribution in [0.15, 0.2) is 12.2 Å². The summed E-state index contributed by atoms with van der Waals surface area (Å²) in [7, 11) is 1.67. The summed E-state index contributed by atoms with van der Waals surface area (Å²) in [6.45, 7) is 5.63. The van der Waals surface area contributed by atoms with E-state index in [9.17, 15) is 14.3 Å². The molecule has 0 heterocycles. The van der Waals surface area contributed by atoms with Gasteiger partial charge in [0.2, 0.25) is 0 Å². The molecule has 0 aliphatic carbocycles. The Balaban J connectivity index is 4.15. The second-order valence-corrected chi connectivity index (χ2v) is 17.2. The van der Waals surface area contributed by atoms with Crippen molar-refractivity contribution >= 4 is 13.8 Å². The summed E-state index contributed by atoms with van der Waals surface area (Å²) in [6.07, 6.45) is 38.1. The maximum absolute atomic E-state index is 12.6. The fraction of sp³-hybridized carbons (Fsp3) is 0.929. The second kappa shape index (κ2) is 36.2. The number of rotatable bonds is 40. The molecule has 0 saturated heterocycles. The third-order valence-electron chi connectivity index (χ3n) is 9.33. The zero-order valence-electron chi connectivity index (χ0n) is 34.4. The summed E-state index contributed by atoms with van der Waals surface area (Å²) in [6, 6.07) is 0. The fourth-order valence-electron chi connectivity index (χ4n) is 5.96. The standard InChI is InChI=1S/C42H84NO7P/c1-6-8-10-12-14-16-18-19-20-21-22-23-24-25-26-28-30-32-34-37-47-39-41(40-49-51(45,46)48-38-36-43(3,4)5)50-42(44)35-33-31-29-27-17-15-13-11-9-7-2/h20-21,41H,6-19,22-40H2,1-5H3/p+1/b21-20-. The van der Waals surface area contributed by atoms with Gasteiger partial charge in [0, 0.05) is 13.0 Å². The molecular weight excluding hydrogens is 661 g/mol. The molecule has 0 aliphatic rings. The first-order valence-electron chi connectivity index (χ1n) is 21.4. The molecule has 304 valence electrons. The van der Waals surface area contributed by atoms with Gasteiger partial charge in [0.05, 0.1) is 34.4 Å². The zero-order chi connectivity index (χ0) is 37.7. The zero-order valence-corrected chi connectivity index (χ0v) is 35.3. The Morgan fingerprint density at radius 2 is 1.02 bits per heavy atom. The van der Waals surface area contributed by atoms with E-state index in [4.69, 9.17) is 18.5 Å². The summed E-state index contributed by atoms with van der Waals surface area (Å²) in [5, 5.41) is 0. The molecule has 8 nitrogen and oxygen atoms in total. The lowest BCUT2D eigenvalue weighted by atomic mass is 10.1. The lowest BCUT2D eigenvalue weighted by molar-refractivity contribution is -0.870. The number of unbranched alkanes of at least 4 members (excludes halogenated alkanes) is 24. The van der Waals surface area contributed by atoms with Gasteiger partial charge in [-0.05, 0) is 38.5 Å². The van der Waals surface area contributed by atoms with E-state index in [0.29, 0.717) is 24.1 Å². The van der Waals surface area contributed by atoms with Crippen LogP contribution < -0.4 is 0 Å². The van der Waals surface area contributed by atoms with E-state index < -0.39 is 13.9 Å². The van der Waals surface area contributed by atoms with Crippen molar-refractivity contribution in [3.63, 3.8) is 0 Å². The molecule has 0 radical (unpaired) electrons. The van der Waals surface area contributed by atoms with Crippen molar-refractivity contribution in [3.8, 4) is 0 Å². The topological polar surface area (TPSA) is 91.3 Å². The van der Waals surface area contributed by atoms with Crippen molar-refractivity contribution < 1.29 is 37.3 Å². The van der Waals surface area contributed by atoms with Crippen LogP contribution in [-0.2, 0) is 27.9 Å². The maximum Gasteiger partial charge on any atom is 0.472 e. The lowest BCUT2D eigenvalue weighted by Gasteiger charge is -2.24. The van der Waals surface area contributed by atoms with Gasteiger partial charge in [-0.3, -0.25) is 13.8 Å². The SMILES string of the molecule is CCCCCCCCC/C=C\CCCCCCCCCCOCC(COP(=O)(O)OCC[N+](C)(C)C)OC(=O)CCCCCCCCCCCC. The largest absolute Gasteiger partial charge is 0.472 e. The van der Waals surface area contributed by atoms with Gasteiger partial charge >= 0.3 is 13.8 Å². The first kappa shape index (κ1) is 50.2. The molecule has 9 heteroatoms. The Morgan fingerprint density at radius 3 is 1.49 bits per heavy atom. The number of quaternary nitrogens is 1. The number of carbonyl (C=O) groups is 1. The highest BCUT2D eigenvalue weighted by molar-refractivity contribution is 7.47. The lowest BCUT2D eigenvalue weighted by Crippen LogP contribution is -2.37. The minimum atomic E-state index is -4.26. The van der Waals surface area contributed by atoms with Gasteiger partial charge in [-0.1, -0.05) is 161 Å². The van der Waals surface area contributed by atoms with Crippen LogP contribution in [-0.4, -0.2) is 75.6 Å². The van der Waals surface area contributed by atoms with Gasteiger partial charge < -0.3 is 18.9 Å². The van der Waals surface area contributed by atoms with Crippen LogP contribution in [0.1, 0.15) is 194 Å². The van der Waals surface area contributed by atoms with Crippen LogP contribution in [0.5, 0.6) is 0 Å². The monoisotopic (exact) mass is 747 g/mol. The van der Waals surface area contributed by atoms with Gasteiger partial charge in [-0.25, -0.2) is 4.57 Å². The summed E-state index contributed by atoms with van der Waals surface area (Å²) >= 11 is 0. The number of nitrogens with zero attached hydrogens (tertiary/aromatic N) is 1. The van der Waals surface area contributed by atoms with Crippen molar-refractivity contribution in [2.75, 3.05) is 54.1 Å². The Kier molecular flexibility index (Phi) is 35.7. The van der Waals surface area contributed by atoms with Crippen LogP contribution in [0, 0.1) is 0 Å². The van der Waals surface area contributed by atoms with E-state index in [1.165, 1.54) is 141 Å². The third kappa shape index (κ3) is 40.3. The molecule has 0 aromatic heterocycles. The van der Waals surface area contributed by atoms with Crippen molar-refractivity contribution in [3.05, 3.63) is 12.2 Å². The minimum Gasteiger partial charge on any atom is -0.457 e. The van der Waals surface area contributed by atoms with Crippen molar-refractivity contribution in [2.24, 2.45) is 0 Å². The number of allylic oxidation sites excluding steroid dienone is 2. The van der Waals surface area contributed by atoms with E-state index in [2.05, 4.69) is 26.0 Å². The fourth-order valence-corrected chi connectivity index (χ4v) is 6.70. The van der Waals surface area contributed by atoms with Crippen LogP contribution in [0.25, 0.3) is 0 Å². The summed E-state index contributed by atoms with van der Waals surface area (Å²) < 4.78 is 34.9. The number of phosphoric acid groups is 1. The molecule has 0 rings (SSSR count). The normalized spacial score (nSPS) is 13.9. The first-order valence-corrected chi connectivity index (χ1v) is 22.9. The Bertz CT molecular complexity index is 833. The molecular formula is C42H85NO7P+. The van der Waals surface area contributed by atoms with Crippen LogP contribution in [0.3, 0.4) is 0 Å². The Morgan fingerprint density at radius 1 is 0.588 bits per heavy atom. The van der Waals surface area contributed by atoms with Crippen molar-refractivity contribution in [2.45, 2.75) is 200 Å². The molecule has 2 atom stereocenters. The third-order valence-corrected chi connectivity index (χ3v) is 10.3.